The Kier molecular flexibility index (Phi) is 4.10. The van der Waals surface area contributed by atoms with Crippen LogP contribution >= 0.6 is 0 Å². The van der Waals surface area contributed by atoms with Gasteiger partial charge in [0.05, 0.1) is 4.90 Å². The van der Waals surface area contributed by atoms with Gasteiger partial charge in [0, 0.05) is 41.1 Å². The van der Waals surface area contributed by atoms with E-state index in [1.807, 2.05) is 4.90 Å². The summed E-state index contributed by atoms with van der Waals surface area (Å²) in [5, 5.41) is 0. The Morgan fingerprint density at radius 2 is 1.55 bits per heavy atom. The molecule has 0 atom stereocenters. The molecule has 1 saturated heterocycles. The molecule has 20 heavy (non-hydrogen) atoms. The summed E-state index contributed by atoms with van der Waals surface area (Å²) in [6.07, 6.45) is 0. The van der Waals surface area contributed by atoms with Gasteiger partial charge in [-0.1, -0.05) is 0 Å². The second-order valence-corrected chi connectivity index (χ2v) is 7.92. The average Bonchev–Trinajstić information content (AvgIpc) is 2.38. The highest BCUT2D eigenvalue weighted by Gasteiger charge is 2.46. The molecule has 0 spiro atoms. The van der Waals surface area contributed by atoms with Gasteiger partial charge < -0.3 is 4.90 Å². The lowest BCUT2D eigenvalue weighted by Crippen LogP contribution is -2.37. The maximum atomic E-state index is 12.4. The Labute approximate surface area is 117 Å². The van der Waals surface area contributed by atoms with Crippen LogP contribution in [0.15, 0.2) is 29.2 Å². The Balaban J connectivity index is 2.21. The van der Waals surface area contributed by atoms with Gasteiger partial charge in [-0.05, 0) is 24.3 Å². The number of rotatable bonds is 2. The lowest BCUT2D eigenvalue weighted by Gasteiger charge is -2.28. The smallest absolute Gasteiger partial charge is 0.370 e. The van der Waals surface area contributed by atoms with Gasteiger partial charge in [-0.3, -0.25) is 4.21 Å². The van der Waals surface area contributed by atoms with Crippen molar-refractivity contribution in [2.75, 3.05) is 29.5 Å². The highest BCUT2D eigenvalue weighted by Crippen LogP contribution is 2.31. The number of benzene rings is 1. The number of nitrogens with zero attached hydrogens (tertiary/aromatic N) is 1. The summed E-state index contributed by atoms with van der Waals surface area (Å²) in [4.78, 5) is 1.10. The topological polar surface area (TPSA) is 54.5 Å². The summed E-state index contributed by atoms with van der Waals surface area (Å²) in [7, 11) is -6.15. The molecule has 0 aliphatic carbocycles. The summed E-state index contributed by atoms with van der Waals surface area (Å²) >= 11 is 0. The first kappa shape index (κ1) is 15.3. The van der Waals surface area contributed by atoms with E-state index in [1.165, 1.54) is 12.1 Å². The van der Waals surface area contributed by atoms with Crippen LogP contribution in [0.5, 0.6) is 0 Å². The van der Waals surface area contributed by atoms with Crippen LogP contribution in [0.2, 0.25) is 0 Å². The maximum absolute atomic E-state index is 12.4. The van der Waals surface area contributed by atoms with E-state index < -0.39 is 31.0 Å². The minimum atomic E-state index is -5.30. The molecule has 112 valence electrons. The van der Waals surface area contributed by atoms with E-state index in [2.05, 4.69) is 0 Å². The molecule has 0 saturated carbocycles. The Bertz CT molecular complexity index is 601. The number of sulfone groups is 1. The van der Waals surface area contributed by atoms with Gasteiger partial charge in [0.15, 0.2) is 0 Å². The molecule has 1 aromatic carbocycles. The van der Waals surface area contributed by atoms with Crippen molar-refractivity contribution in [1.82, 2.24) is 0 Å². The fourth-order valence-corrected chi connectivity index (χ4v) is 3.68. The zero-order valence-corrected chi connectivity index (χ0v) is 11.9. The molecule has 0 aromatic heterocycles. The molecule has 9 heteroatoms. The van der Waals surface area contributed by atoms with E-state index in [9.17, 15) is 25.8 Å². The van der Waals surface area contributed by atoms with Gasteiger partial charge in [0.1, 0.15) is 0 Å². The second-order valence-electron chi connectivity index (χ2n) is 4.28. The highest BCUT2D eigenvalue weighted by atomic mass is 32.2. The van der Waals surface area contributed by atoms with Crippen LogP contribution < -0.4 is 4.90 Å². The molecule has 0 radical (unpaired) electrons. The molecule has 0 unspecified atom stereocenters. The number of hydrogen-bond acceptors (Lipinski definition) is 4. The summed E-state index contributed by atoms with van der Waals surface area (Å²) in [5.41, 5.74) is -4.67. The molecule has 1 aliphatic heterocycles. The fraction of sp³-hybridized carbons (Fsp3) is 0.455. The molecule has 0 bridgehead atoms. The standard InChI is InChI=1S/C11H12F3NO3S2/c12-11(13,14)20(17,18)10-3-1-9(2-4-10)15-5-7-19(16)8-6-15/h1-4H,5-8H2. The molecule has 0 amide bonds. The van der Waals surface area contributed by atoms with Crippen LogP contribution in [-0.2, 0) is 20.6 Å². The number of alkyl halides is 3. The monoisotopic (exact) mass is 327 g/mol. The van der Waals surface area contributed by atoms with Crippen molar-refractivity contribution in [1.29, 1.82) is 0 Å². The van der Waals surface area contributed by atoms with E-state index >= 15 is 0 Å². The van der Waals surface area contributed by atoms with Gasteiger partial charge in [0.2, 0.25) is 0 Å². The molecule has 2 rings (SSSR count). The maximum Gasteiger partial charge on any atom is 0.501 e. The number of halogens is 3. The molecular weight excluding hydrogens is 315 g/mol. The van der Waals surface area contributed by atoms with Crippen LogP contribution in [0.1, 0.15) is 0 Å². The van der Waals surface area contributed by atoms with Crippen LogP contribution in [0.25, 0.3) is 0 Å². The minimum Gasteiger partial charge on any atom is -0.370 e. The van der Waals surface area contributed by atoms with Gasteiger partial charge in [-0.15, -0.1) is 0 Å². The van der Waals surface area contributed by atoms with Crippen LogP contribution in [0.4, 0.5) is 18.9 Å². The zero-order valence-electron chi connectivity index (χ0n) is 10.3. The molecule has 0 N–H and O–H groups in total. The third-order valence-electron chi connectivity index (χ3n) is 2.99. The van der Waals surface area contributed by atoms with Crippen molar-refractivity contribution in [3.8, 4) is 0 Å². The predicted molar refractivity (Wildman–Crippen MR) is 69.8 cm³/mol. The Hall–Kier alpha value is -1.09. The van der Waals surface area contributed by atoms with Crippen LogP contribution in [-0.4, -0.2) is 42.7 Å². The molecule has 4 nitrogen and oxygen atoms in total. The van der Waals surface area contributed by atoms with Crippen molar-refractivity contribution in [3.63, 3.8) is 0 Å². The van der Waals surface area contributed by atoms with E-state index in [4.69, 9.17) is 0 Å². The highest BCUT2D eigenvalue weighted by molar-refractivity contribution is 7.92. The normalized spacial score (nSPS) is 18.2. The summed E-state index contributed by atoms with van der Waals surface area (Å²) in [5.74, 6) is 1.01. The predicted octanol–water partition coefficient (Wildman–Crippen LogP) is 1.55. The molecule has 1 aromatic rings. The Morgan fingerprint density at radius 3 is 2.00 bits per heavy atom. The van der Waals surface area contributed by atoms with E-state index in [0.29, 0.717) is 30.3 Å². The number of hydrogen-bond donors (Lipinski definition) is 0. The summed E-state index contributed by atoms with van der Waals surface area (Å²) in [6.45, 7) is 1.08. The molecule has 1 fully saturated rings. The lowest BCUT2D eigenvalue weighted by atomic mass is 10.3. The summed E-state index contributed by atoms with van der Waals surface area (Å²) < 4.78 is 70.8. The van der Waals surface area contributed by atoms with E-state index in [1.54, 1.807) is 0 Å². The lowest BCUT2D eigenvalue weighted by molar-refractivity contribution is -0.0436. The van der Waals surface area contributed by atoms with Crippen LogP contribution in [0.3, 0.4) is 0 Å². The van der Waals surface area contributed by atoms with Gasteiger partial charge in [0.25, 0.3) is 9.84 Å². The molecular formula is C11H12F3NO3S2. The fourth-order valence-electron chi connectivity index (χ4n) is 1.87. The summed E-state index contributed by atoms with van der Waals surface area (Å²) in [6, 6.07) is 4.58. The third kappa shape index (κ3) is 2.98. The SMILES string of the molecule is O=S1CCN(c2ccc(S(=O)(=O)C(F)(F)F)cc2)CC1. The van der Waals surface area contributed by atoms with Gasteiger partial charge in [-0.2, -0.15) is 13.2 Å². The first-order valence-electron chi connectivity index (χ1n) is 5.73. The van der Waals surface area contributed by atoms with Crippen LogP contribution in [0, 0.1) is 0 Å². The molecule has 1 heterocycles. The first-order valence-corrected chi connectivity index (χ1v) is 8.70. The zero-order chi connectivity index (χ0) is 15.0. The quantitative estimate of drug-likeness (QED) is 0.827. The van der Waals surface area contributed by atoms with E-state index in [-0.39, 0.29) is 0 Å². The van der Waals surface area contributed by atoms with Gasteiger partial charge >= 0.3 is 5.51 Å². The van der Waals surface area contributed by atoms with E-state index in [0.717, 1.165) is 12.1 Å². The largest absolute Gasteiger partial charge is 0.501 e. The number of anilines is 1. The Morgan fingerprint density at radius 1 is 1.05 bits per heavy atom. The van der Waals surface area contributed by atoms with Crippen molar-refractivity contribution >= 4 is 26.3 Å². The van der Waals surface area contributed by atoms with Crippen molar-refractivity contribution < 1.29 is 25.8 Å². The van der Waals surface area contributed by atoms with Crippen molar-refractivity contribution in [2.24, 2.45) is 0 Å². The minimum absolute atomic E-state index is 0.503. The van der Waals surface area contributed by atoms with Crippen molar-refractivity contribution in [2.45, 2.75) is 10.4 Å². The van der Waals surface area contributed by atoms with Crippen molar-refractivity contribution in [3.05, 3.63) is 24.3 Å². The second kappa shape index (κ2) is 5.36. The molecule has 1 aliphatic rings. The van der Waals surface area contributed by atoms with Gasteiger partial charge in [-0.25, -0.2) is 8.42 Å². The average molecular weight is 327 g/mol. The first-order chi connectivity index (χ1) is 9.22. The third-order valence-corrected chi connectivity index (χ3v) is 5.77.